The highest BCUT2D eigenvalue weighted by Gasteiger charge is 2.27. The minimum atomic E-state index is 0.127. The van der Waals surface area contributed by atoms with Gasteiger partial charge < -0.3 is 10.1 Å². The zero-order chi connectivity index (χ0) is 16.5. The Hall–Kier alpha value is -0.980. The van der Waals surface area contributed by atoms with E-state index >= 15 is 0 Å². The van der Waals surface area contributed by atoms with Gasteiger partial charge in [-0.15, -0.1) is 11.3 Å². The van der Waals surface area contributed by atoms with Crippen molar-refractivity contribution in [3.05, 3.63) is 16.6 Å². The van der Waals surface area contributed by atoms with Gasteiger partial charge in [0.1, 0.15) is 0 Å². The average Bonchev–Trinajstić information content (AvgIpc) is 3.11. The van der Waals surface area contributed by atoms with Crippen LogP contribution in [0.3, 0.4) is 0 Å². The maximum absolute atomic E-state index is 12.1. The molecule has 1 atom stereocenters. The summed E-state index contributed by atoms with van der Waals surface area (Å²) in [7, 11) is 0. The van der Waals surface area contributed by atoms with Crippen LogP contribution in [-0.4, -0.2) is 54.7 Å². The van der Waals surface area contributed by atoms with Crippen LogP contribution in [-0.2, 0) is 16.0 Å². The summed E-state index contributed by atoms with van der Waals surface area (Å²) in [6.07, 6.45) is 3.53. The number of morpholine rings is 1. The lowest BCUT2D eigenvalue weighted by atomic mass is 9.92. The van der Waals surface area contributed by atoms with E-state index in [2.05, 4.69) is 29.0 Å². The highest BCUT2D eigenvalue weighted by molar-refractivity contribution is 7.07. The van der Waals surface area contributed by atoms with Crippen LogP contribution in [0.25, 0.3) is 0 Å². The summed E-state index contributed by atoms with van der Waals surface area (Å²) >= 11 is 1.58. The quantitative estimate of drug-likeness (QED) is 0.750. The fourth-order valence-corrected chi connectivity index (χ4v) is 3.84. The summed E-state index contributed by atoms with van der Waals surface area (Å²) in [6.45, 7) is 8.76. The predicted molar refractivity (Wildman–Crippen MR) is 93.7 cm³/mol. The van der Waals surface area contributed by atoms with Crippen LogP contribution < -0.4 is 5.32 Å². The number of carbonyl (C=O) groups excluding carboxylic acids is 1. The number of aromatic nitrogens is 1. The zero-order valence-electron chi connectivity index (χ0n) is 14.3. The smallest absolute Gasteiger partial charge is 0.220 e. The van der Waals surface area contributed by atoms with Crippen molar-refractivity contribution in [2.24, 2.45) is 5.92 Å². The van der Waals surface area contributed by atoms with Crippen molar-refractivity contribution in [2.75, 3.05) is 32.8 Å². The van der Waals surface area contributed by atoms with Crippen LogP contribution in [0, 0.1) is 5.92 Å². The summed E-state index contributed by atoms with van der Waals surface area (Å²) in [6, 6.07) is 0.414. The molecule has 1 fully saturated rings. The lowest BCUT2D eigenvalue weighted by Gasteiger charge is -2.38. The Morgan fingerprint density at radius 2 is 2.13 bits per heavy atom. The minimum absolute atomic E-state index is 0.127. The Morgan fingerprint density at radius 3 is 2.74 bits per heavy atom. The first-order valence-electron chi connectivity index (χ1n) is 8.70. The van der Waals surface area contributed by atoms with E-state index in [1.165, 1.54) is 0 Å². The first kappa shape index (κ1) is 18.4. The van der Waals surface area contributed by atoms with Gasteiger partial charge in [-0.3, -0.25) is 9.69 Å². The predicted octanol–water partition coefficient (Wildman–Crippen LogP) is 2.33. The second-order valence-electron chi connectivity index (χ2n) is 6.08. The lowest BCUT2D eigenvalue weighted by Crippen LogP contribution is -2.52. The first-order valence-corrected chi connectivity index (χ1v) is 9.64. The van der Waals surface area contributed by atoms with Crippen molar-refractivity contribution in [1.29, 1.82) is 0 Å². The van der Waals surface area contributed by atoms with E-state index in [4.69, 9.17) is 4.74 Å². The molecule has 0 saturated carbocycles. The molecule has 1 aliphatic heterocycles. The Balaban J connectivity index is 1.82. The number of amides is 1. The van der Waals surface area contributed by atoms with Gasteiger partial charge >= 0.3 is 0 Å². The minimum Gasteiger partial charge on any atom is -0.379 e. The normalized spacial score (nSPS) is 17.3. The number of aryl methyl sites for hydroxylation is 1. The molecule has 1 aromatic rings. The van der Waals surface area contributed by atoms with Gasteiger partial charge in [-0.1, -0.05) is 26.7 Å². The van der Waals surface area contributed by atoms with Crippen LogP contribution in [0.5, 0.6) is 0 Å². The molecule has 0 aromatic carbocycles. The van der Waals surface area contributed by atoms with Crippen molar-refractivity contribution in [2.45, 2.75) is 45.6 Å². The molecule has 0 radical (unpaired) electrons. The maximum atomic E-state index is 12.1. The second kappa shape index (κ2) is 10.0. The number of rotatable bonds is 9. The summed E-state index contributed by atoms with van der Waals surface area (Å²) in [5.74, 6) is 0.745. The third-order valence-electron chi connectivity index (χ3n) is 4.71. The topological polar surface area (TPSA) is 54.5 Å². The van der Waals surface area contributed by atoms with Gasteiger partial charge in [0.25, 0.3) is 0 Å². The lowest BCUT2D eigenvalue weighted by molar-refractivity contribution is -0.121. The van der Waals surface area contributed by atoms with E-state index < -0.39 is 0 Å². The summed E-state index contributed by atoms with van der Waals surface area (Å²) in [5, 5.41) is 5.15. The van der Waals surface area contributed by atoms with E-state index in [0.717, 1.165) is 57.8 Å². The molecular formula is C17H29N3O2S. The van der Waals surface area contributed by atoms with E-state index in [1.807, 2.05) is 10.9 Å². The number of nitrogens with one attached hydrogen (secondary N) is 1. The molecule has 2 rings (SSSR count). The Kier molecular flexibility index (Phi) is 7.99. The highest BCUT2D eigenvalue weighted by Crippen LogP contribution is 2.19. The third kappa shape index (κ3) is 5.86. The molecule has 0 bridgehead atoms. The SMILES string of the molecule is CCC(CC)[C@H](CNC(=O)CCc1cscn1)N1CCOCC1. The van der Waals surface area contributed by atoms with Crippen LogP contribution >= 0.6 is 11.3 Å². The molecule has 2 heterocycles. The fourth-order valence-electron chi connectivity index (χ4n) is 3.25. The number of hydrogen-bond donors (Lipinski definition) is 1. The Morgan fingerprint density at radius 1 is 1.39 bits per heavy atom. The van der Waals surface area contributed by atoms with Crippen molar-refractivity contribution >= 4 is 17.2 Å². The largest absolute Gasteiger partial charge is 0.379 e. The van der Waals surface area contributed by atoms with Gasteiger partial charge in [-0.2, -0.15) is 0 Å². The maximum Gasteiger partial charge on any atom is 0.220 e. The van der Waals surface area contributed by atoms with Gasteiger partial charge in [-0.05, 0) is 12.3 Å². The standard InChI is InChI=1S/C17H29N3O2S/c1-3-14(4-2)16(20-7-9-22-10-8-20)11-18-17(21)6-5-15-12-23-13-19-15/h12-14,16H,3-11H2,1-2H3,(H,18,21)/t16-/m0/s1. The number of nitrogens with zero attached hydrogens (tertiary/aromatic N) is 2. The van der Waals surface area contributed by atoms with E-state index in [1.54, 1.807) is 11.3 Å². The number of thiazole rings is 1. The van der Waals surface area contributed by atoms with E-state index in [0.29, 0.717) is 18.4 Å². The second-order valence-corrected chi connectivity index (χ2v) is 6.79. The van der Waals surface area contributed by atoms with Crippen molar-refractivity contribution < 1.29 is 9.53 Å². The average molecular weight is 340 g/mol. The van der Waals surface area contributed by atoms with Gasteiger partial charge in [0.2, 0.25) is 5.91 Å². The van der Waals surface area contributed by atoms with Crippen molar-refractivity contribution in [1.82, 2.24) is 15.2 Å². The van der Waals surface area contributed by atoms with Gasteiger partial charge in [0.15, 0.2) is 0 Å². The first-order chi connectivity index (χ1) is 11.2. The summed E-state index contributed by atoms with van der Waals surface area (Å²) in [5.41, 5.74) is 2.82. The fraction of sp³-hybridized carbons (Fsp3) is 0.765. The molecule has 0 unspecified atom stereocenters. The van der Waals surface area contributed by atoms with Gasteiger partial charge in [-0.25, -0.2) is 4.98 Å². The van der Waals surface area contributed by atoms with Crippen LogP contribution in [0.15, 0.2) is 10.9 Å². The summed E-state index contributed by atoms with van der Waals surface area (Å²) in [4.78, 5) is 18.9. The molecule has 5 nitrogen and oxygen atoms in total. The molecule has 6 heteroatoms. The van der Waals surface area contributed by atoms with Crippen molar-refractivity contribution in [3.63, 3.8) is 0 Å². The highest BCUT2D eigenvalue weighted by atomic mass is 32.1. The third-order valence-corrected chi connectivity index (χ3v) is 5.34. The van der Waals surface area contributed by atoms with Gasteiger partial charge in [0.05, 0.1) is 24.4 Å². The molecule has 1 N–H and O–H groups in total. The summed E-state index contributed by atoms with van der Waals surface area (Å²) < 4.78 is 5.47. The Bertz CT molecular complexity index is 443. The van der Waals surface area contributed by atoms with Crippen molar-refractivity contribution in [3.8, 4) is 0 Å². The monoisotopic (exact) mass is 339 g/mol. The van der Waals surface area contributed by atoms with Crippen LogP contribution in [0.2, 0.25) is 0 Å². The van der Waals surface area contributed by atoms with Crippen LogP contribution in [0.1, 0.15) is 38.8 Å². The number of hydrogen-bond acceptors (Lipinski definition) is 5. The van der Waals surface area contributed by atoms with E-state index in [9.17, 15) is 4.79 Å². The molecule has 130 valence electrons. The molecule has 1 aliphatic rings. The van der Waals surface area contributed by atoms with E-state index in [-0.39, 0.29) is 5.91 Å². The van der Waals surface area contributed by atoms with Crippen LogP contribution in [0.4, 0.5) is 0 Å². The molecular weight excluding hydrogens is 310 g/mol. The molecule has 0 spiro atoms. The number of ether oxygens (including phenoxy) is 1. The molecule has 1 saturated heterocycles. The molecule has 23 heavy (non-hydrogen) atoms. The molecule has 0 aliphatic carbocycles. The zero-order valence-corrected chi connectivity index (χ0v) is 15.1. The Labute approximate surface area is 143 Å². The van der Waals surface area contributed by atoms with Gasteiger partial charge in [0, 0.05) is 37.5 Å². The molecule has 1 amide bonds. The number of carbonyl (C=O) groups is 1. The molecule has 1 aromatic heterocycles.